The molecular weight excluding hydrogens is 270 g/mol. The maximum Gasteiger partial charge on any atom is 0.506 e. The Bertz CT molecular complexity index is 388. The van der Waals surface area contributed by atoms with Crippen LogP contribution < -0.4 is 0 Å². The maximum absolute atomic E-state index is 10.6. The molecule has 98 valence electrons. The number of carboxylic acid groups (broad SMARTS) is 1. The van der Waals surface area contributed by atoms with Gasteiger partial charge in [-0.2, -0.15) is 0 Å². The second-order valence-electron chi connectivity index (χ2n) is 4.09. The number of hydrogen-bond acceptors (Lipinski definition) is 5. The van der Waals surface area contributed by atoms with Crippen molar-refractivity contribution >= 4 is 27.7 Å². The van der Waals surface area contributed by atoms with E-state index in [1.54, 1.807) is 27.8 Å². The average molecular weight is 285 g/mol. The Kier molecular flexibility index (Phi) is 5.19. The van der Waals surface area contributed by atoms with Crippen LogP contribution in [0.1, 0.15) is 25.7 Å². The van der Waals surface area contributed by atoms with Crippen molar-refractivity contribution in [1.82, 2.24) is 4.98 Å². The zero-order chi connectivity index (χ0) is 12.8. The molecule has 1 aromatic rings. The summed E-state index contributed by atoms with van der Waals surface area (Å²) in [6, 6.07) is 5.78. The molecule has 0 spiro atoms. The van der Waals surface area contributed by atoms with Crippen molar-refractivity contribution < 1.29 is 14.6 Å². The van der Waals surface area contributed by atoms with Crippen LogP contribution in [0.5, 0.6) is 0 Å². The topological polar surface area (TPSA) is 59.4 Å². The van der Waals surface area contributed by atoms with Gasteiger partial charge in [-0.3, -0.25) is 0 Å². The monoisotopic (exact) mass is 285 g/mol. The van der Waals surface area contributed by atoms with Gasteiger partial charge in [-0.15, -0.1) is 0 Å². The van der Waals surface area contributed by atoms with E-state index in [9.17, 15) is 4.79 Å². The Morgan fingerprint density at radius 3 is 2.94 bits per heavy atom. The largest absolute Gasteiger partial charge is 0.506 e. The van der Waals surface area contributed by atoms with Crippen LogP contribution in [-0.2, 0) is 4.74 Å². The third-order valence-electron chi connectivity index (χ3n) is 2.79. The van der Waals surface area contributed by atoms with Crippen LogP contribution in [0.2, 0.25) is 0 Å². The molecule has 1 aliphatic rings. The lowest BCUT2D eigenvalue weighted by Gasteiger charge is -2.28. The summed E-state index contributed by atoms with van der Waals surface area (Å²) in [4.78, 5) is 14.9. The molecule has 1 saturated carbocycles. The summed E-state index contributed by atoms with van der Waals surface area (Å²) in [6.45, 7) is 0. The summed E-state index contributed by atoms with van der Waals surface area (Å²) in [5.41, 5.74) is 0. The van der Waals surface area contributed by atoms with Crippen LogP contribution in [0.4, 0.5) is 4.79 Å². The van der Waals surface area contributed by atoms with Crippen LogP contribution >= 0.6 is 21.6 Å². The number of rotatable bonds is 4. The molecule has 0 bridgehead atoms. The van der Waals surface area contributed by atoms with Gasteiger partial charge < -0.3 is 9.84 Å². The Morgan fingerprint density at radius 1 is 1.39 bits per heavy atom. The summed E-state index contributed by atoms with van der Waals surface area (Å²) in [7, 11) is 3.26. The van der Waals surface area contributed by atoms with Gasteiger partial charge in [0.15, 0.2) is 0 Å². The Balaban J connectivity index is 1.87. The molecule has 1 fully saturated rings. The van der Waals surface area contributed by atoms with Gasteiger partial charge in [0, 0.05) is 6.20 Å². The average Bonchev–Trinajstić information content (AvgIpc) is 2.38. The molecule has 0 radical (unpaired) electrons. The van der Waals surface area contributed by atoms with Crippen molar-refractivity contribution in [2.75, 3.05) is 0 Å². The fourth-order valence-corrected chi connectivity index (χ4v) is 4.61. The Hall–Kier alpha value is -0.880. The molecule has 2 rings (SSSR count). The fraction of sp³-hybridized carbons (Fsp3) is 0.500. The summed E-state index contributed by atoms with van der Waals surface area (Å²) >= 11 is 0. The number of carbonyl (C=O) groups is 1. The van der Waals surface area contributed by atoms with E-state index in [1.807, 2.05) is 18.2 Å². The number of ether oxygens (including phenoxy) is 1. The van der Waals surface area contributed by atoms with Crippen molar-refractivity contribution in [3.05, 3.63) is 24.4 Å². The molecule has 0 unspecified atom stereocenters. The van der Waals surface area contributed by atoms with Crippen molar-refractivity contribution in [2.45, 2.75) is 42.1 Å². The quantitative estimate of drug-likeness (QED) is 0.670. The van der Waals surface area contributed by atoms with Gasteiger partial charge in [-0.1, -0.05) is 23.3 Å². The zero-order valence-electron chi connectivity index (χ0n) is 9.82. The molecule has 2 atom stereocenters. The molecule has 4 nitrogen and oxygen atoms in total. The van der Waals surface area contributed by atoms with Crippen molar-refractivity contribution in [3.8, 4) is 0 Å². The van der Waals surface area contributed by atoms with Gasteiger partial charge in [0.1, 0.15) is 11.1 Å². The molecule has 0 saturated heterocycles. The van der Waals surface area contributed by atoms with Crippen LogP contribution in [0, 0.1) is 0 Å². The van der Waals surface area contributed by atoms with E-state index in [4.69, 9.17) is 9.84 Å². The minimum atomic E-state index is -1.17. The molecule has 1 aliphatic carbocycles. The fourth-order valence-electron chi connectivity index (χ4n) is 1.94. The number of aromatic nitrogens is 1. The molecule has 1 aromatic heterocycles. The predicted octanol–water partition coefficient (Wildman–Crippen LogP) is 3.83. The zero-order valence-corrected chi connectivity index (χ0v) is 11.5. The van der Waals surface area contributed by atoms with E-state index >= 15 is 0 Å². The third-order valence-corrected chi connectivity index (χ3v) is 5.63. The predicted molar refractivity (Wildman–Crippen MR) is 72.8 cm³/mol. The molecule has 1 N–H and O–H groups in total. The van der Waals surface area contributed by atoms with Gasteiger partial charge in [-0.25, -0.2) is 9.78 Å². The highest BCUT2D eigenvalue weighted by atomic mass is 33.1. The molecule has 0 amide bonds. The van der Waals surface area contributed by atoms with E-state index < -0.39 is 6.16 Å². The Labute approximate surface area is 114 Å². The first-order valence-electron chi connectivity index (χ1n) is 5.89. The Morgan fingerprint density at radius 2 is 2.22 bits per heavy atom. The maximum atomic E-state index is 10.6. The van der Waals surface area contributed by atoms with Gasteiger partial charge in [0.25, 0.3) is 0 Å². The third kappa shape index (κ3) is 4.10. The molecule has 0 aromatic carbocycles. The van der Waals surface area contributed by atoms with E-state index in [0.29, 0.717) is 0 Å². The summed E-state index contributed by atoms with van der Waals surface area (Å²) in [5.74, 6) is 0. The van der Waals surface area contributed by atoms with E-state index in [2.05, 4.69) is 4.98 Å². The van der Waals surface area contributed by atoms with Crippen LogP contribution in [-0.4, -0.2) is 27.6 Å². The van der Waals surface area contributed by atoms with Gasteiger partial charge >= 0.3 is 6.16 Å². The summed E-state index contributed by atoms with van der Waals surface area (Å²) < 4.78 is 4.95. The van der Waals surface area contributed by atoms with Crippen LogP contribution in [0.3, 0.4) is 0 Å². The number of pyridine rings is 1. The molecule has 1 heterocycles. The highest BCUT2D eigenvalue weighted by Crippen LogP contribution is 2.40. The van der Waals surface area contributed by atoms with Crippen molar-refractivity contribution in [3.63, 3.8) is 0 Å². The SMILES string of the molecule is O=C(O)O[C@H]1CCCC[C@@H]1SSc1ccccn1. The lowest BCUT2D eigenvalue weighted by atomic mass is 9.97. The van der Waals surface area contributed by atoms with Crippen LogP contribution in [0.15, 0.2) is 29.4 Å². The van der Waals surface area contributed by atoms with E-state index in [1.165, 1.54) is 0 Å². The first-order valence-corrected chi connectivity index (χ1v) is 8.11. The highest BCUT2D eigenvalue weighted by Gasteiger charge is 2.29. The van der Waals surface area contributed by atoms with Gasteiger partial charge in [-0.05, 0) is 42.2 Å². The summed E-state index contributed by atoms with van der Waals surface area (Å²) in [6.07, 6.45) is 4.42. The lowest BCUT2D eigenvalue weighted by molar-refractivity contribution is 0.0390. The lowest BCUT2D eigenvalue weighted by Crippen LogP contribution is -2.31. The number of nitrogens with zero attached hydrogens (tertiary/aromatic N) is 1. The highest BCUT2D eigenvalue weighted by molar-refractivity contribution is 8.76. The first-order chi connectivity index (χ1) is 8.75. The van der Waals surface area contributed by atoms with Crippen molar-refractivity contribution in [1.29, 1.82) is 0 Å². The minimum Gasteiger partial charge on any atom is -0.450 e. The van der Waals surface area contributed by atoms with E-state index in [0.717, 1.165) is 30.7 Å². The second-order valence-corrected chi connectivity index (χ2v) is 6.55. The van der Waals surface area contributed by atoms with Crippen LogP contribution in [0.25, 0.3) is 0 Å². The minimum absolute atomic E-state index is 0.183. The van der Waals surface area contributed by atoms with Crippen molar-refractivity contribution in [2.24, 2.45) is 0 Å². The molecule has 18 heavy (non-hydrogen) atoms. The summed E-state index contributed by atoms with van der Waals surface area (Å²) in [5, 5.41) is 9.89. The smallest absolute Gasteiger partial charge is 0.450 e. The normalized spacial score (nSPS) is 23.6. The van der Waals surface area contributed by atoms with Gasteiger partial charge in [0.05, 0.1) is 5.25 Å². The van der Waals surface area contributed by atoms with E-state index in [-0.39, 0.29) is 11.4 Å². The molecule has 0 aliphatic heterocycles. The molecular formula is C12H15NO3S2. The molecule has 6 heteroatoms. The number of hydrogen-bond donors (Lipinski definition) is 1. The first kappa shape index (κ1) is 13.5. The standard InChI is InChI=1S/C12H15NO3S2/c14-12(15)16-9-5-1-2-6-10(9)17-18-11-7-3-4-8-13-11/h3-4,7-10H,1-2,5-6H2,(H,14,15)/t9-,10-/m0/s1. The van der Waals surface area contributed by atoms with Gasteiger partial charge in [0.2, 0.25) is 0 Å². The second kappa shape index (κ2) is 6.89.